The van der Waals surface area contributed by atoms with E-state index in [4.69, 9.17) is 24.1 Å². The van der Waals surface area contributed by atoms with E-state index in [1.807, 2.05) is 0 Å². The highest BCUT2D eigenvalue weighted by atomic mass is 19.4. The molecule has 0 aliphatic carbocycles. The van der Waals surface area contributed by atoms with Crippen LogP contribution in [0.15, 0.2) is 28.9 Å². The fourth-order valence-corrected chi connectivity index (χ4v) is 2.56. The Labute approximate surface area is 145 Å². The summed E-state index contributed by atoms with van der Waals surface area (Å²) in [5, 5.41) is 18.6. The number of alkyl halides is 3. The van der Waals surface area contributed by atoms with E-state index < -0.39 is 30.9 Å². The molecule has 1 aliphatic rings. The van der Waals surface area contributed by atoms with Gasteiger partial charge in [0.05, 0.1) is 25.4 Å². The second-order valence-corrected chi connectivity index (χ2v) is 5.77. The first-order valence-electron chi connectivity index (χ1n) is 7.77. The largest absolute Gasteiger partial charge is 0.493 e. The Morgan fingerprint density at radius 1 is 1.38 bits per heavy atom. The summed E-state index contributed by atoms with van der Waals surface area (Å²) in [5.41, 5.74) is 0.828. The molecule has 2 heterocycles. The van der Waals surface area contributed by atoms with E-state index in [1.54, 1.807) is 6.07 Å². The first kappa shape index (κ1) is 18.3. The van der Waals surface area contributed by atoms with E-state index in [0.29, 0.717) is 16.7 Å². The number of rotatable bonds is 6. The molecule has 1 amide bonds. The molecule has 1 fully saturated rings. The molecule has 0 saturated carbocycles. The maximum atomic E-state index is 12.2. The Bertz CT molecular complexity index is 790. The molecular weight excluding hydrogens is 359 g/mol. The molecule has 26 heavy (non-hydrogen) atoms. The van der Waals surface area contributed by atoms with Crippen LogP contribution >= 0.6 is 0 Å². The summed E-state index contributed by atoms with van der Waals surface area (Å²) >= 11 is 0. The standard InChI is InChI=1S/C16H16F3NO6/c17-16(18,19)14(22)3-4-24-9-1-2-11-12(8-25-13(11)5-9)20-6-10(7-21)26-15(20)23/h1-2,5,8,10,14,21-22H,3-4,6-7H2/t10-,14-/m1/s1. The zero-order chi connectivity index (χ0) is 18.9. The van der Waals surface area contributed by atoms with Crippen LogP contribution in [0.1, 0.15) is 6.42 Å². The summed E-state index contributed by atoms with van der Waals surface area (Å²) < 4.78 is 52.3. The number of ether oxygens (including phenoxy) is 2. The SMILES string of the molecule is O=C1O[C@@H](CO)CN1c1coc2cc(OCC[C@@H](O)C(F)(F)F)ccc12. The number of amides is 1. The molecule has 2 atom stereocenters. The normalized spacial score (nSPS) is 19.0. The molecule has 1 saturated heterocycles. The minimum absolute atomic E-state index is 0.178. The minimum atomic E-state index is -4.68. The maximum absolute atomic E-state index is 12.2. The number of aliphatic hydroxyl groups excluding tert-OH is 2. The van der Waals surface area contributed by atoms with Gasteiger partial charge < -0.3 is 24.1 Å². The monoisotopic (exact) mass is 375 g/mol. The summed E-state index contributed by atoms with van der Waals surface area (Å²) in [6.45, 7) is -0.437. The molecule has 10 heteroatoms. The second-order valence-electron chi connectivity index (χ2n) is 5.77. The Kier molecular flexibility index (Phi) is 4.97. The van der Waals surface area contributed by atoms with Crippen molar-refractivity contribution in [2.45, 2.75) is 24.8 Å². The molecule has 2 aromatic rings. The number of benzene rings is 1. The third-order valence-corrected chi connectivity index (χ3v) is 3.93. The number of carbonyl (C=O) groups is 1. The van der Waals surface area contributed by atoms with Gasteiger partial charge in [-0.1, -0.05) is 0 Å². The number of aliphatic hydroxyl groups is 2. The van der Waals surface area contributed by atoms with Crippen molar-refractivity contribution in [2.75, 3.05) is 24.7 Å². The minimum Gasteiger partial charge on any atom is -0.493 e. The first-order valence-corrected chi connectivity index (χ1v) is 7.77. The van der Waals surface area contributed by atoms with Gasteiger partial charge in [-0.25, -0.2) is 4.79 Å². The Hall–Kier alpha value is -2.46. The van der Waals surface area contributed by atoms with Crippen LogP contribution in [0.4, 0.5) is 23.7 Å². The van der Waals surface area contributed by atoms with E-state index in [2.05, 4.69) is 0 Å². The molecule has 2 N–H and O–H groups in total. The van der Waals surface area contributed by atoms with E-state index in [9.17, 15) is 18.0 Å². The number of hydrogen-bond acceptors (Lipinski definition) is 6. The first-order chi connectivity index (χ1) is 12.3. The average Bonchev–Trinajstić information content (AvgIpc) is 3.16. The molecule has 0 spiro atoms. The maximum Gasteiger partial charge on any atom is 0.414 e. The van der Waals surface area contributed by atoms with E-state index in [1.165, 1.54) is 23.3 Å². The molecule has 1 aromatic carbocycles. The predicted molar refractivity (Wildman–Crippen MR) is 83.1 cm³/mol. The van der Waals surface area contributed by atoms with E-state index in [-0.39, 0.29) is 25.5 Å². The highest BCUT2D eigenvalue weighted by Crippen LogP contribution is 2.34. The average molecular weight is 375 g/mol. The smallest absolute Gasteiger partial charge is 0.414 e. The number of cyclic esters (lactones) is 1. The van der Waals surface area contributed by atoms with Crippen LogP contribution in [0.25, 0.3) is 11.0 Å². The van der Waals surface area contributed by atoms with E-state index in [0.717, 1.165) is 0 Å². The van der Waals surface area contributed by atoms with Crippen molar-refractivity contribution in [1.29, 1.82) is 0 Å². The topological polar surface area (TPSA) is 92.4 Å². The number of anilines is 1. The highest BCUT2D eigenvalue weighted by Gasteiger charge is 2.37. The van der Waals surface area contributed by atoms with Crippen molar-refractivity contribution in [2.24, 2.45) is 0 Å². The van der Waals surface area contributed by atoms with Gasteiger partial charge in [-0.2, -0.15) is 13.2 Å². The van der Waals surface area contributed by atoms with Crippen LogP contribution in [-0.4, -0.2) is 54.4 Å². The van der Waals surface area contributed by atoms with Crippen LogP contribution in [0.5, 0.6) is 5.75 Å². The molecule has 1 aliphatic heterocycles. The van der Waals surface area contributed by atoms with Gasteiger partial charge in [0.2, 0.25) is 0 Å². The number of furan rings is 1. The summed E-state index contributed by atoms with van der Waals surface area (Å²) in [5.74, 6) is 0.269. The Morgan fingerprint density at radius 3 is 2.81 bits per heavy atom. The van der Waals surface area contributed by atoms with Gasteiger partial charge in [-0.05, 0) is 12.1 Å². The number of fused-ring (bicyclic) bond motifs is 1. The van der Waals surface area contributed by atoms with Crippen LogP contribution in [0, 0.1) is 0 Å². The molecule has 142 valence electrons. The number of hydrogen-bond donors (Lipinski definition) is 2. The fraction of sp³-hybridized carbons (Fsp3) is 0.438. The Balaban J connectivity index is 1.69. The quantitative estimate of drug-likeness (QED) is 0.806. The van der Waals surface area contributed by atoms with Crippen molar-refractivity contribution in [3.63, 3.8) is 0 Å². The van der Waals surface area contributed by atoms with E-state index >= 15 is 0 Å². The van der Waals surface area contributed by atoms with Gasteiger partial charge in [0.25, 0.3) is 0 Å². The number of nitrogens with zero attached hydrogens (tertiary/aromatic N) is 1. The summed E-state index contributed by atoms with van der Waals surface area (Å²) in [6, 6.07) is 4.60. The zero-order valence-corrected chi connectivity index (χ0v) is 13.4. The van der Waals surface area contributed by atoms with Gasteiger partial charge in [-0.3, -0.25) is 4.90 Å². The molecule has 0 bridgehead atoms. The van der Waals surface area contributed by atoms with Crippen molar-refractivity contribution >= 4 is 22.7 Å². The number of carbonyl (C=O) groups excluding carboxylic acids is 1. The number of halogens is 3. The second kappa shape index (κ2) is 7.04. The van der Waals surface area contributed by atoms with Crippen LogP contribution in [0.2, 0.25) is 0 Å². The molecule has 0 unspecified atom stereocenters. The molecule has 1 aromatic heterocycles. The third-order valence-electron chi connectivity index (χ3n) is 3.93. The summed E-state index contributed by atoms with van der Waals surface area (Å²) in [4.78, 5) is 13.2. The van der Waals surface area contributed by atoms with Gasteiger partial charge in [0.15, 0.2) is 6.10 Å². The highest BCUT2D eigenvalue weighted by molar-refractivity contribution is 6.01. The lowest BCUT2D eigenvalue weighted by Gasteiger charge is -2.14. The van der Waals surface area contributed by atoms with Crippen LogP contribution in [-0.2, 0) is 4.74 Å². The van der Waals surface area contributed by atoms with Crippen molar-refractivity contribution < 1.29 is 42.1 Å². The molecule has 3 rings (SSSR count). The molecular formula is C16H16F3NO6. The van der Waals surface area contributed by atoms with Crippen LogP contribution in [0.3, 0.4) is 0 Å². The van der Waals surface area contributed by atoms with Gasteiger partial charge in [-0.15, -0.1) is 0 Å². The molecule has 7 nitrogen and oxygen atoms in total. The lowest BCUT2D eigenvalue weighted by atomic mass is 10.2. The molecule has 0 radical (unpaired) electrons. The predicted octanol–water partition coefficient (Wildman–Crippen LogP) is 2.44. The van der Waals surface area contributed by atoms with Gasteiger partial charge >= 0.3 is 12.3 Å². The zero-order valence-electron chi connectivity index (χ0n) is 13.4. The summed E-state index contributed by atoms with van der Waals surface area (Å²) in [6.07, 6.45) is -7.58. The lowest BCUT2D eigenvalue weighted by molar-refractivity contribution is -0.206. The van der Waals surface area contributed by atoms with Crippen molar-refractivity contribution in [1.82, 2.24) is 0 Å². The Morgan fingerprint density at radius 2 is 2.15 bits per heavy atom. The van der Waals surface area contributed by atoms with Gasteiger partial charge in [0, 0.05) is 17.9 Å². The fourth-order valence-electron chi connectivity index (χ4n) is 2.56. The van der Waals surface area contributed by atoms with Crippen LogP contribution < -0.4 is 9.64 Å². The third kappa shape index (κ3) is 3.70. The lowest BCUT2D eigenvalue weighted by Crippen LogP contribution is -2.30. The van der Waals surface area contributed by atoms with Crippen molar-refractivity contribution in [3.8, 4) is 5.75 Å². The summed E-state index contributed by atoms with van der Waals surface area (Å²) in [7, 11) is 0. The van der Waals surface area contributed by atoms with Crippen molar-refractivity contribution in [3.05, 3.63) is 24.5 Å². The van der Waals surface area contributed by atoms with Gasteiger partial charge in [0.1, 0.15) is 23.7 Å².